The first-order chi connectivity index (χ1) is 5.88. The summed E-state index contributed by atoms with van der Waals surface area (Å²) in [5.74, 6) is 0. The van der Waals surface area contributed by atoms with Crippen molar-refractivity contribution in [2.45, 2.75) is 0 Å². The number of benzene rings is 1. The van der Waals surface area contributed by atoms with E-state index in [0.29, 0.717) is 17.8 Å². The molecule has 1 radical (unpaired) electrons. The van der Waals surface area contributed by atoms with Gasteiger partial charge in [0.1, 0.15) is 12.6 Å². The molecule has 12 heavy (non-hydrogen) atoms. The van der Waals surface area contributed by atoms with Crippen LogP contribution in [-0.4, -0.2) is 12.6 Å². The molecular formula is C10H7O2. The van der Waals surface area contributed by atoms with Gasteiger partial charge in [0.05, 0.1) is 0 Å². The summed E-state index contributed by atoms with van der Waals surface area (Å²) >= 11 is 0. The van der Waals surface area contributed by atoms with Crippen LogP contribution in [0.2, 0.25) is 0 Å². The molecule has 0 saturated carbocycles. The molecule has 0 amide bonds. The number of hydrogen-bond donors (Lipinski definition) is 0. The Balaban J connectivity index is 3.47. The van der Waals surface area contributed by atoms with E-state index in [1.165, 1.54) is 12.2 Å². The summed E-state index contributed by atoms with van der Waals surface area (Å²) in [5.41, 5.74) is 0. The van der Waals surface area contributed by atoms with Crippen LogP contribution in [-0.2, 0) is 9.59 Å². The van der Waals surface area contributed by atoms with Crippen molar-refractivity contribution < 1.29 is 9.59 Å². The van der Waals surface area contributed by atoms with Crippen LogP contribution in [0.1, 0.15) is 0 Å². The number of aldehydes is 2. The predicted octanol–water partition coefficient (Wildman–Crippen LogP) is -0.554. The molecule has 0 saturated heterocycles. The van der Waals surface area contributed by atoms with Gasteiger partial charge in [0.15, 0.2) is 0 Å². The highest BCUT2D eigenvalue weighted by Gasteiger charge is 1.81. The summed E-state index contributed by atoms with van der Waals surface area (Å²) < 4.78 is 0. The number of hydrogen-bond acceptors (Lipinski definition) is 2. The second-order valence-corrected chi connectivity index (χ2v) is 2.16. The molecule has 0 aliphatic rings. The summed E-state index contributed by atoms with van der Waals surface area (Å²) in [7, 11) is 0. The van der Waals surface area contributed by atoms with Gasteiger partial charge < -0.3 is 0 Å². The standard InChI is InChI=1S/C10H7O2/c11-7-5-9-3-1-2-4-10(9)6-8-12/h1,3-8H. The SMILES string of the molecule is O=CC=c1c[c]ccc1=CC=O. The lowest BCUT2D eigenvalue weighted by molar-refractivity contribution is -0.103. The number of carbonyl (C=O) groups is 2. The third kappa shape index (κ3) is 1.89. The van der Waals surface area contributed by atoms with Crippen molar-refractivity contribution >= 4 is 24.7 Å². The quantitative estimate of drug-likeness (QED) is 0.542. The van der Waals surface area contributed by atoms with E-state index in [1.54, 1.807) is 18.2 Å². The molecule has 0 aliphatic carbocycles. The van der Waals surface area contributed by atoms with Crippen molar-refractivity contribution in [3.8, 4) is 0 Å². The fraction of sp³-hybridized carbons (Fsp3) is 0. The van der Waals surface area contributed by atoms with Crippen LogP contribution < -0.4 is 10.4 Å². The first kappa shape index (κ1) is 8.40. The summed E-state index contributed by atoms with van der Waals surface area (Å²) in [6.07, 6.45) is 4.18. The molecular weight excluding hydrogens is 152 g/mol. The van der Waals surface area contributed by atoms with E-state index in [4.69, 9.17) is 0 Å². The van der Waals surface area contributed by atoms with Gasteiger partial charge in [-0.3, -0.25) is 9.59 Å². The minimum Gasteiger partial charge on any atom is -0.299 e. The molecule has 2 nitrogen and oxygen atoms in total. The van der Waals surface area contributed by atoms with Crippen LogP contribution >= 0.6 is 0 Å². The summed E-state index contributed by atoms with van der Waals surface area (Å²) in [5, 5.41) is 1.44. The normalized spacial score (nSPS) is 13.0. The molecule has 0 aromatic heterocycles. The van der Waals surface area contributed by atoms with Crippen molar-refractivity contribution in [3.63, 3.8) is 0 Å². The zero-order valence-electron chi connectivity index (χ0n) is 6.36. The van der Waals surface area contributed by atoms with Crippen molar-refractivity contribution in [1.82, 2.24) is 0 Å². The highest BCUT2D eigenvalue weighted by molar-refractivity contribution is 5.89. The van der Waals surface area contributed by atoms with Gasteiger partial charge in [-0.05, 0) is 34.7 Å². The van der Waals surface area contributed by atoms with Crippen LogP contribution in [0.3, 0.4) is 0 Å². The van der Waals surface area contributed by atoms with Crippen LogP contribution in [0.4, 0.5) is 0 Å². The largest absolute Gasteiger partial charge is 0.299 e. The molecule has 0 fully saturated rings. The molecule has 0 aliphatic heterocycles. The maximum absolute atomic E-state index is 10.2. The molecule has 0 atom stereocenters. The van der Waals surface area contributed by atoms with E-state index in [-0.39, 0.29) is 0 Å². The minimum atomic E-state index is 0.686. The fourth-order valence-electron chi connectivity index (χ4n) is 0.898. The minimum absolute atomic E-state index is 0.686. The van der Waals surface area contributed by atoms with E-state index < -0.39 is 0 Å². The Bertz CT molecular complexity index is 352. The van der Waals surface area contributed by atoms with Crippen LogP contribution in [0.5, 0.6) is 0 Å². The Kier molecular flexibility index (Phi) is 2.96. The van der Waals surface area contributed by atoms with Crippen molar-refractivity contribution in [2.75, 3.05) is 0 Å². The molecule has 1 aromatic carbocycles. The third-order valence-corrected chi connectivity index (χ3v) is 1.43. The average molecular weight is 159 g/mol. The molecule has 0 spiro atoms. The maximum Gasteiger partial charge on any atom is 0.143 e. The average Bonchev–Trinajstić information content (AvgIpc) is 2.09. The molecule has 2 heteroatoms. The summed E-state index contributed by atoms with van der Waals surface area (Å²) in [6.45, 7) is 0. The number of rotatable bonds is 2. The Hall–Kier alpha value is -1.70. The zero-order valence-corrected chi connectivity index (χ0v) is 6.36. The molecule has 0 heterocycles. The van der Waals surface area contributed by atoms with Gasteiger partial charge in [-0.25, -0.2) is 0 Å². The first-order valence-electron chi connectivity index (χ1n) is 3.45. The van der Waals surface area contributed by atoms with Crippen LogP contribution in [0, 0.1) is 6.07 Å². The van der Waals surface area contributed by atoms with Gasteiger partial charge >= 0.3 is 0 Å². The topological polar surface area (TPSA) is 34.1 Å². The first-order valence-corrected chi connectivity index (χ1v) is 3.45. The third-order valence-electron chi connectivity index (χ3n) is 1.43. The fourth-order valence-corrected chi connectivity index (χ4v) is 0.898. The van der Waals surface area contributed by atoms with E-state index in [2.05, 4.69) is 6.07 Å². The lowest BCUT2D eigenvalue weighted by Gasteiger charge is -1.84. The Morgan fingerprint density at radius 1 is 1.08 bits per heavy atom. The van der Waals surface area contributed by atoms with Crippen molar-refractivity contribution in [1.29, 1.82) is 0 Å². The van der Waals surface area contributed by atoms with Gasteiger partial charge in [-0.15, -0.1) is 0 Å². The molecule has 59 valence electrons. The second kappa shape index (κ2) is 4.23. The van der Waals surface area contributed by atoms with Crippen molar-refractivity contribution in [3.05, 3.63) is 34.7 Å². The maximum atomic E-state index is 10.2. The van der Waals surface area contributed by atoms with Gasteiger partial charge in [-0.1, -0.05) is 12.1 Å². The zero-order chi connectivity index (χ0) is 8.81. The van der Waals surface area contributed by atoms with Gasteiger partial charge in [0, 0.05) is 0 Å². The Morgan fingerprint density at radius 3 is 2.42 bits per heavy atom. The van der Waals surface area contributed by atoms with Crippen molar-refractivity contribution in [2.24, 2.45) is 0 Å². The number of carbonyl (C=O) groups excluding carboxylic acids is 2. The molecule has 1 rings (SSSR count). The van der Waals surface area contributed by atoms with E-state index in [0.717, 1.165) is 5.22 Å². The Morgan fingerprint density at radius 2 is 1.75 bits per heavy atom. The van der Waals surface area contributed by atoms with E-state index in [1.807, 2.05) is 0 Å². The second-order valence-electron chi connectivity index (χ2n) is 2.16. The Labute approximate surface area is 69.8 Å². The lowest BCUT2D eigenvalue weighted by atomic mass is 10.2. The van der Waals surface area contributed by atoms with E-state index >= 15 is 0 Å². The van der Waals surface area contributed by atoms with Crippen LogP contribution in [0.25, 0.3) is 12.2 Å². The highest BCUT2D eigenvalue weighted by Crippen LogP contribution is 1.69. The molecule has 1 aromatic rings. The van der Waals surface area contributed by atoms with Gasteiger partial charge in [0.25, 0.3) is 0 Å². The predicted molar refractivity (Wildman–Crippen MR) is 45.6 cm³/mol. The monoisotopic (exact) mass is 159 g/mol. The summed E-state index contributed by atoms with van der Waals surface area (Å²) in [6, 6.07) is 7.89. The highest BCUT2D eigenvalue weighted by atomic mass is 16.1. The van der Waals surface area contributed by atoms with Gasteiger partial charge in [0.2, 0.25) is 0 Å². The molecule has 0 bridgehead atoms. The smallest absolute Gasteiger partial charge is 0.143 e. The molecule has 0 N–H and O–H groups in total. The van der Waals surface area contributed by atoms with Gasteiger partial charge in [-0.2, -0.15) is 0 Å². The summed E-state index contributed by atoms with van der Waals surface area (Å²) in [4.78, 5) is 20.3. The van der Waals surface area contributed by atoms with Crippen LogP contribution in [0.15, 0.2) is 18.2 Å². The van der Waals surface area contributed by atoms with E-state index in [9.17, 15) is 9.59 Å². The lowest BCUT2D eigenvalue weighted by Crippen LogP contribution is -2.23. The molecule has 0 unspecified atom stereocenters.